The summed E-state index contributed by atoms with van der Waals surface area (Å²) in [6.07, 6.45) is 2.61. The molecule has 9 nitrogen and oxygen atoms in total. The van der Waals surface area contributed by atoms with Crippen molar-refractivity contribution in [3.63, 3.8) is 0 Å². The van der Waals surface area contributed by atoms with E-state index in [9.17, 15) is 14.3 Å². The number of aliphatic hydroxyl groups is 1. The molecule has 0 aliphatic heterocycles. The van der Waals surface area contributed by atoms with Gasteiger partial charge in [0.05, 0.1) is 57.1 Å². The van der Waals surface area contributed by atoms with Crippen LogP contribution < -0.4 is 10.6 Å². The second kappa shape index (κ2) is 9.66. The summed E-state index contributed by atoms with van der Waals surface area (Å²) in [5, 5.41) is 29.2. The maximum Gasteiger partial charge on any atom is 0.255 e. The molecule has 1 atom stereocenters. The molecule has 0 aromatic carbocycles. The lowest BCUT2D eigenvalue weighted by Gasteiger charge is -2.22. The van der Waals surface area contributed by atoms with Gasteiger partial charge in [-0.25, -0.2) is 13.9 Å². The van der Waals surface area contributed by atoms with Crippen LogP contribution in [0.15, 0.2) is 55.0 Å². The summed E-state index contributed by atoms with van der Waals surface area (Å²) in [4.78, 5) is 21.5. The fourth-order valence-corrected chi connectivity index (χ4v) is 3.36. The Hall–Kier alpha value is -4.07. The number of aromatic nitrogens is 4. The van der Waals surface area contributed by atoms with Crippen molar-refractivity contribution in [3.8, 4) is 17.5 Å². The van der Waals surface area contributed by atoms with Crippen LogP contribution in [0.5, 0.6) is 0 Å². The predicted molar refractivity (Wildman–Crippen MR) is 129 cm³/mol. The average molecular weight is 494 g/mol. The number of anilines is 2. The molecule has 0 aliphatic rings. The number of nitriles is 1. The molecule has 0 radical (unpaired) electrons. The van der Waals surface area contributed by atoms with Gasteiger partial charge in [0, 0.05) is 12.4 Å². The SMILES string of the molecule is CC(C)(O)[C@H](F)CNC(=O)c1cnc(-c2ccc3cc(C#N)cnn23)cc1Nc1ccc(Cl)cn1. The Labute approximate surface area is 205 Å². The third-order valence-electron chi connectivity index (χ3n) is 5.24. The van der Waals surface area contributed by atoms with Crippen molar-refractivity contribution in [3.05, 3.63) is 71.1 Å². The van der Waals surface area contributed by atoms with E-state index in [4.69, 9.17) is 16.9 Å². The highest BCUT2D eigenvalue weighted by Crippen LogP contribution is 2.27. The largest absolute Gasteiger partial charge is 0.387 e. The number of carbonyl (C=O) groups excluding carboxylic acids is 1. The van der Waals surface area contributed by atoms with Crippen LogP contribution in [-0.2, 0) is 0 Å². The van der Waals surface area contributed by atoms with E-state index in [-0.39, 0.29) is 12.1 Å². The van der Waals surface area contributed by atoms with Crippen LogP contribution in [0, 0.1) is 11.3 Å². The molecule has 1 amide bonds. The van der Waals surface area contributed by atoms with E-state index >= 15 is 0 Å². The van der Waals surface area contributed by atoms with E-state index in [1.54, 1.807) is 40.9 Å². The zero-order valence-electron chi connectivity index (χ0n) is 18.8. The number of carbonyl (C=O) groups is 1. The first kappa shape index (κ1) is 24.1. The number of pyridine rings is 2. The average Bonchev–Trinajstić information content (AvgIpc) is 3.26. The van der Waals surface area contributed by atoms with Crippen molar-refractivity contribution in [2.75, 3.05) is 11.9 Å². The quantitative estimate of drug-likeness (QED) is 0.356. The molecule has 4 rings (SSSR count). The van der Waals surface area contributed by atoms with E-state index in [1.807, 2.05) is 0 Å². The molecule has 0 aliphatic carbocycles. The van der Waals surface area contributed by atoms with Crippen molar-refractivity contribution in [1.82, 2.24) is 24.9 Å². The molecule has 4 aromatic heterocycles. The first-order valence-electron chi connectivity index (χ1n) is 10.6. The Morgan fingerprint density at radius 3 is 2.71 bits per heavy atom. The van der Waals surface area contributed by atoms with Crippen molar-refractivity contribution in [2.45, 2.75) is 25.6 Å². The van der Waals surface area contributed by atoms with Crippen LogP contribution in [0.25, 0.3) is 16.9 Å². The van der Waals surface area contributed by atoms with Gasteiger partial charge in [-0.2, -0.15) is 10.4 Å². The molecule has 0 saturated carbocycles. The van der Waals surface area contributed by atoms with Crippen LogP contribution in [0.2, 0.25) is 5.02 Å². The summed E-state index contributed by atoms with van der Waals surface area (Å²) in [5.41, 5.74) is 1.17. The maximum atomic E-state index is 14.2. The highest BCUT2D eigenvalue weighted by molar-refractivity contribution is 6.30. The maximum absolute atomic E-state index is 14.2. The van der Waals surface area contributed by atoms with E-state index in [0.29, 0.717) is 39.0 Å². The zero-order chi connectivity index (χ0) is 25.2. The fraction of sp³-hybridized carbons (Fsp3) is 0.208. The summed E-state index contributed by atoms with van der Waals surface area (Å²) in [7, 11) is 0. The van der Waals surface area contributed by atoms with Crippen molar-refractivity contribution in [1.29, 1.82) is 5.26 Å². The van der Waals surface area contributed by atoms with Gasteiger partial charge >= 0.3 is 0 Å². The van der Waals surface area contributed by atoms with Crippen LogP contribution in [-0.4, -0.2) is 48.9 Å². The van der Waals surface area contributed by atoms with Gasteiger partial charge in [0.25, 0.3) is 5.91 Å². The van der Waals surface area contributed by atoms with Gasteiger partial charge < -0.3 is 15.7 Å². The van der Waals surface area contributed by atoms with Gasteiger partial charge in [-0.1, -0.05) is 11.6 Å². The van der Waals surface area contributed by atoms with Crippen LogP contribution in [0.1, 0.15) is 29.8 Å². The standard InChI is InChI=1S/C24H21ClFN7O2/c1-24(2,35)21(26)13-30-23(34)17-12-28-19(8-18(17)32-22-6-3-15(25)11-29-22)20-5-4-16-7-14(9-27)10-31-33(16)20/h3-8,10-12,21,35H,13H2,1-2H3,(H,30,34)(H,28,29,32)/t21-/m1/s1. The van der Waals surface area contributed by atoms with E-state index in [1.165, 1.54) is 32.4 Å². The molecule has 0 unspecified atom stereocenters. The van der Waals surface area contributed by atoms with Gasteiger partial charge in [0.15, 0.2) is 0 Å². The van der Waals surface area contributed by atoms with Gasteiger partial charge in [0.2, 0.25) is 0 Å². The monoisotopic (exact) mass is 493 g/mol. The topological polar surface area (TPSA) is 128 Å². The number of amides is 1. The number of fused-ring (bicyclic) bond motifs is 1. The Bertz CT molecular complexity index is 1420. The number of halogens is 2. The smallest absolute Gasteiger partial charge is 0.255 e. The highest BCUT2D eigenvalue weighted by Gasteiger charge is 2.27. The molecule has 4 heterocycles. The molecule has 0 bridgehead atoms. The number of rotatable bonds is 7. The molecular weight excluding hydrogens is 473 g/mol. The lowest BCUT2D eigenvalue weighted by Crippen LogP contribution is -2.42. The molecule has 3 N–H and O–H groups in total. The summed E-state index contributed by atoms with van der Waals surface area (Å²) < 4.78 is 15.8. The Morgan fingerprint density at radius 1 is 1.23 bits per heavy atom. The lowest BCUT2D eigenvalue weighted by atomic mass is 10.0. The molecule has 0 fully saturated rings. The first-order chi connectivity index (χ1) is 16.7. The molecular formula is C24H21ClFN7O2. The summed E-state index contributed by atoms with van der Waals surface area (Å²) >= 11 is 5.92. The van der Waals surface area contributed by atoms with Crippen molar-refractivity contribution in [2.24, 2.45) is 0 Å². The number of hydrogen-bond acceptors (Lipinski definition) is 7. The molecule has 178 valence electrons. The van der Waals surface area contributed by atoms with Gasteiger partial charge in [-0.05, 0) is 50.2 Å². The summed E-state index contributed by atoms with van der Waals surface area (Å²) in [5.74, 6) is -0.151. The molecule has 0 spiro atoms. The Kier molecular flexibility index (Phi) is 6.64. The van der Waals surface area contributed by atoms with Crippen LogP contribution >= 0.6 is 11.6 Å². The van der Waals surface area contributed by atoms with Gasteiger partial charge in [-0.15, -0.1) is 0 Å². The Morgan fingerprint density at radius 2 is 2.03 bits per heavy atom. The molecule has 11 heteroatoms. The lowest BCUT2D eigenvalue weighted by molar-refractivity contribution is -0.00177. The third-order valence-corrected chi connectivity index (χ3v) is 5.46. The fourth-order valence-electron chi connectivity index (χ4n) is 3.25. The third kappa shape index (κ3) is 5.37. The normalized spacial score (nSPS) is 12.2. The van der Waals surface area contributed by atoms with Gasteiger partial charge in [-0.3, -0.25) is 9.78 Å². The Balaban J connectivity index is 1.71. The second-order valence-corrected chi connectivity index (χ2v) is 8.78. The molecule has 35 heavy (non-hydrogen) atoms. The van der Waals surface area contributed by atoms with Gasteiger partial charge in [0.1, 0.15) is 18.1 Å². The number of hydrogen-bond donors (Lipinski definition) is 3. The minimum absolute atomic E-state index is 0.147. The zero-order valence-corrected chi connectivity index (χ0v) is 19.6. The minimum Gasteiger partial charge on any atom is -0.387 e. The number of nitrogens with one attached hydrogen (secondary N) is 2. The van der Waals surface area contributed by atoms with Crippen LogP contribution in [0.3, 0.4) is 0 Å². The summed E-state index contributed by atoms with van der Waals surface area (Å²) in [6.45, 7) is 2.28. The molecule has 4 aromatic rings. The van der Waals surface area contributed by atoms with E-state index < -0.39 is 17.7 Å². The number of alkyl halides is 1. The second-order valence-electron chi connectivity index (χ2n) is 8.34. The minimum atomic E-state index is -1.66. The predicted octanol–water partition coefficient (Wildman–Crippen LogP) is 3.90. The van der Waals surface area contributed by atoms with E-state index in [0.717, 1.165) is 0 Å². The summed E-state index contributed by atoms with van der Waals surface area (Å²) in [6, 6.07) is 12.3. The van der Waals surface area contributed by atoms with Crippen molar-refractivity contribution >= 4 is 34.5 Å². The van der Waals surface area contributed by atoms with Crippen LogP contribution in [0.4, 0.5) is 15.9 Å². The molecule has 0 saturated heterocycles. The van der Waals surface area contributed by atoms with Crippen molar-refractivity contribution < 1.29 is 14.3 Å². The number of nitrogens with zero attached hydrogens (tertiary/aromatic N) is 5. The first-order valence-corrected chi connectivity index (χ1v) is 10.9. The highest BCUT2D eigenvalue weighted by atomic mass is 35.5. The van der Waals surface area contributed by atoms with E-state index in [2.05, 4.69) is 31.8 Å².